The van der Waals surface area contributed by atoms with Crippen LogP contribution in [0.5, 0.6) is 0 Å². The number of nitrogens with one attached hydrogen (secondary N) is 2. The quantitative estimate of drug-likeness (QED) is 0.840. The molecule has 2 heterocycles. The molecule has 2 unspecified atom stereocenters. The van der Waals surface area contributed by atoms with E-state index in [4.69, 9.17) is 0 Å². The molecule has 1 saturated heterocycles. The number of carbonyl (C=O) groups excluding carboxylic acids is 1. The molecule has 1 aliphatic heterocycles. The van der Waals surface area contributed by atoms with Crippen LogP contribution in [-0.2, 0) is 17.6 Å². The molecule has 2 N–H and O–H groups in total. The van der Waals surface area contributed by atoms with Gasteiger partial charge in [-0.15, -0.1) is 11.3 Å². The SMILES string of the molecule is CC1(C)CC(CCNC2CCCc3sccc3C2)C(=O)N1. The number of thiophene rings is 1. The van der Waals surface area contributed by atoms with Crippen LogP contribution >= 0.6 is 11.3 Å². The zero-order valence-corrected chi connectivity index (χ0v) is 13.9. The minimum absolute atomic E-state index is 0.0182. The van der Waals surface area contributed by atoms with E-state index in [-0.39, 0.29) is 17.4 Å². The van der Waals surface area contributed by atoms with Crippen LogP contribution in [0, 0.1) is 5.92 Å². The predicted octanol–water partition coefficient (Wildman–Crippen LogP) is 2.89. The standard InChI is InChI=1S/C17H26N2OS/c1-17(2)11-13(16(20)19-17)6-8-18-14-4-3-5-15-12(10-14)7-9-21-15/h7,9,13-14,18H,3-6,8,10-11H2,1-2H3,(H,19,20). The van der Waals surface area contributed by atoms with E-state index in [0.717, 1.165) is 25.8 Å². The van der Waals surface area contributed by atoms with Gasteiger partial charge in [0, 0.05) is 22.4 Å². The van der Waals surface area contributed by atoms with E-state index in [1.165, 1.54) is 24.8 Å². The molecule has 0 aromatic carbocycles. The summed E-state index contributed by atoms with van der Waals surface area (Å²) in [5.74, 6) is 0.428. The van der Waals surface area contributed by atoms with Crippen LogP contribution in [0.4, 0.5) is 0 Å². The molecule has 0 bridgehead atoms. The van der Waals surface area contributed by atoms with Crippen LogP contribution in [0.3, 0.4) is 0 Å². The van der Waals surface area contributed by atoms with E-state index in [2.05, 4.69) is 35.9 Å². The molecule has 0 spiro atoms. The summed E-state index contributed by atoms with van der Waals surface area (Å²) in [6.45, 7) is 5.18. The zero-order valence-electron chi connectivity index (χ0n) is 13.1. The van der Waals surface area contributed by atoms with E-state index in [1.807, 2.05) is 11.3 Å². The van der Waals surface area contributed by atoms with Crippen molar-refractivity contribution in [3.8, 4) is 0 Å². The second-order valence-corrected chi connectivity index (χ2v) is 8.18. The lowest BCUT2D eigenvalue weighted by Gasteiger charge is -2.18. The first-order valence-corrected chi connectivity index (χ1v) is 9.02. The fraction of sp³-hybridized carbons (Fsp3) is 0.706. The van der Waals surface area contributed by atoms with E-state index in [1.54, 1.807) is 4.88 Å². The largest absolute Gasteiger partial charge is 0.351 e. The Kier molecular flexibility index (Phi) is 4.36. The molecule has 2 atom stereocenters. The van der Waals surface area contributed by atoms with Gasteiger partial charge in [0.2, 0.25) is 5.91 Å². The molecule has 1 aromatic heterocycles. The van der Waals surface area contributed by atoms with Crippen molar-refractivity contribution >= 4 is 17.2 Å². The van der Waals surface area contributed by atoms with Gasteiger partial charge in [-0.25, -0.2) is 0 Å². The van der Waals surface area contributed by atoms with Crippen LogP contribution in [0.1, 0.15) is 50.0 Å². The van der Waals surface area contributed by atoms with E-state index < -0.39 is 0 Å². The van der Waals surface area contributed by atoms with E-state index in [0.29, 0.717) is 6.04 Å². The van der Waals surface area contributed by atoms with E-state index in [9.17, 15) is 4.79 Å². The van der Waals surface area contributed by atoms with Gasteiger partial charge in [0.15, 0.2) is 0 Å². The Morgan fingerprint density at radius 3 is 3.10 bits per heavy atom. The molecular weight excluding hydrogens is 280 g/mol. The van der Waals surface area contributed by atoms with Crippen molar-refractivity contribution in [3.63, 3.8) is 0 Å². The van der Waals surface area contributed by atoms with Crippen LogP contribution in [0.15, 0.2) is 11.4 Å². The number of hydrogen-bond acceptors (Lipinski definition) is 3. The molecule has 1 aliphatic carbocycles. The smallest absolute Gasteiger partial charge is 0.223 e. The normalized spacial score (nSPS) is 28.0. The Bertz CT molecular complexity index is 509. The molecule has 0 radical (unpaired) electrons. The highest BCUT2D eigenvalue weighted by Crippen LogP contribution is 2.27. The van der Waals surface area contributed by atoms with Crippen molar-refractivity contribution in [2.75, 3.05) is 6.54 Å². The van der Waals surface area contributed by atoms with Gasteiger partial charge in [-0.1, -0.05) is 0 Å². The minimum atomic E-state index is -0.0182. The maximum atomic E-state index is 11.9. The lowest BCUT2D eigenvalue weighted by molar-refractivity contribution is -0.122. The maximum Gasteiger partial charge on any atom is 0.223 e. The average Bonchev–Trinajstić information content (AvgIpc) is 2.88. The average molecular weight is 306 g/mol. The fourth-order valence-corrected chi connectivity index (χ4v) is 4.67. The molecule has 3 rings (SSSR count). The summed E-state index contributed by atoms with van der Waals surface area (Å²) in [6.07, 6.45) is 6.85. The molecule has 0 saturated carbocycles. The highest BCUT2D eigenvalue weighted by atomic mass is 32.1. The lowest BCUT2D eigenvalue weighted by Crippen LogP contribution is -2.35. The number of fused-ring (bicyclic) bond motifs is 1. The second-order valence-electron chi connectivity index (χ2n) is 7.18. The fourth-order valence-electron chi connectivity index (χ4n) is 3.71. The molecule has 1 amide bonds. The summed E-state index contributed by atoms with van der Waals surface area (Å²) in [6, 6.07) is 2.87. The summed E-state index contributed by atoms with van der Waals surface area (Å²) >= 11 is 1.90. The van der Waals surface area contributed by atoms with Crippen molar-refractivity contribution in [3.05, 3.63) is 21.9 Å². The molecule has 21 heavy (non-hydrogen) atoms. The molecule has 116 valence electrons. The van der Waals surface area contributed by atoms with Crippen LogP contribution < -0.4 is 10.6 Å². The molecule has 1 fully saturated rings. The van der Waals surface area contributed by atoms with Crippen LogP contribution in [0.2, 0.25) is 0 Å². The minimum Gasteiger partial charge on any atom is -0.351 e. The molecule has 4 heteroatoms. The van der Waals surface area contributed by atoms with Crippen LogP contribution in [0.25, 0.3) is 0 Å². The van der Waals surface area contributed by atoms with Gasteiger partial charge in [-0.2, -0.15) is 0 Å². The summed E-state index contributed by atoms with van der Waals surface area (Å²) in [5, 5.41) is 9.00. The molecule has 1 aromatic rings. The Hall–Kier alpha value is -0.870. The van der Waals surface area contributed by atoms with Gasteiger partial charge in [0.1, 0.15) is 0 Å². The van der Waals surface area contributed by atoms with Gasteiger partial charge < -0.3 is 10.6 Å². The van der Waals surface area contributed by atoms with E-state index >= 15 is 0 Å². The third-order valence-corrected chi connectivity index (χ3v) is 5.80. The van der Waals surface area contributed by atoms with Gasteiger partial charge in [0.05, 0.1) is 0 Å². The van der Waals surface area contributed by atoms with Gasteiger partial charge in [-0.05, 0) is 75.9 Å². The first-order valence-electron chi connectivity index (χ1n) is 8.14. The zero-order chi connectivity index (χ0) is 14.9. The number of hydrogen-bond donors (Lipinski definition) is 2. The van der Waals surface area contributed by atoms with Gasteiger partial charge >= 0.3 is 0 Å². The Balaban J connectivity index is 1.47. The summed E-state index contributed by atoms with van der Waals surface area (Å²) in [4.78, 5) is 13.5. The lowest BCUT2D eigenvalue weighted by atomic mass is 9.94. The topological polar surface area (TPSA) is 41.1 Å². The summed E-state index contributed by atoms with van der Waals surface area (Å²) in [7, 11) is 0. The van der Waals surface area contributed by atoms with Crippen molar-refractivity contribution < 1.29 is 4.79 Å². The number of amides is 1. The molecule has 3 nitrogen and oxygen atoms in total. The number of aryl methyl sites for hydroxylation is 1. The Morgan fingerprint density at radius 1 is 1.48 bits per heavy atom. The van der Waals surface area contributed by atoms with Crippen molar-refractivity contribution in [1.82, 2.24) is 10.6 Å². The Labute approximate surface area is 131 Å². The van der Waals surface area contributed by atoms with Crippen molar-refractivity contribution in [1.29, 1.82) is 0 Å². The summed E-state index contributed by atoms with van der Waals surface area (Å²) < 4.78 is 0. The molecule has 2 aliphatic rings. The second kappa shape index (κ2) is 6.09. The summed E-state index contributed by atoms with van der Waals surface area (Å²) in [5.41, 5.74) is 1.52. The molecular formula is C17H26N2OS. The third kappa shape index (κ3) is 3.67. The van der Waals surface area contributed by atoms with Crippen molar-refractivity contribution in [2.24, 2.45) is 5.92 Å². The van der Waals surface area contributed by atoms with Gasteiger partial charge in [0.25, 0.3) is 0 Å². The maximum absolute atomic E-state index is 11.9. The van der Waals surface area contributed by atoms with Gasteiger partial charge in [-0.3, -0.25) is 4.79 Å². The highest BCUT2D eigenvalue weighted by molar-refractivity contribution is 7.10. The monoisotopic (exact) mass is 306 g/mol. The van der Waals surface area contributed by atoms with Crippen molar-refractivity contribution in [2.45, 2.75) is 64.0 Å². The third-order valence-electron chi connectivity index (χ3n) is 4.78. The van der Waals surface area contributed by atoms with Crippen LogP contribution in [-0.4, -0.2) is 24.0 Å². The highest BCUT2D eigenvalue weighted by Gasteiger charge is 2.36. The number of rotatable bonds is 4. The first-order chi connectivity index (χ1) is 10.0. The first kappa shape index (κ1) is 15.0. The Morgan fingerprint density at radius 2 is 2.33 bits per heavy atom. The number of carbonyl (C=O) groups is 1. The predicted molar refractivity (Wildman–Crippen MR) is 87.7 cm³/mol.